The van der Waals surface area contributed by atoms with Crippen molar-refractivity contribution >= 4 is 45.4 Å². The second-order valence-electron chi connectivity index (χ2n) is 8.68. The van der Waals surface area contributed by atoms with E-state index in [-0.39, 0.29) is 17.7 Å². The maximum Gasteiger partial charge on any atom is 0.271 e. The van der Waals surface area contributed by atoms with Crippen molar-refractivity contribution < 1.29 is 9.59 Å². The fraction of sp³-hybridized carbons (Fsp3) is 0.0667. The van der Waals surface area contributed by atoms with E-state index in [2.05, 4.69) is 15.9 Å². The summed E-state index contributed by atoms with van der Waals surface area (Å²) in [5.74, 6) is -1.14. The summed E-state index contributed by atoms with van der Waals surface area (Å²) in [6.07, 6.45) is 3.53. The molecular weight excluding hydrogens is 564 g/mol. The van der Waals surface area contributed by atoms with Gasteiger partial charge in [-0.05, 0) is 54.5 Å². The fourth-order valence-electron chi connectivity index (χ4n) is 4.26. The fourth-order valence-corrected chi connectivity index (χ4v) is 4.72. The SMILES string of the molecule is CC1=C(C#N)C(=O)N(Cc2ccccc2Cl)C(=O)/C1=C/c1cn(-c2ccccc2)nc1-c1ccc(Br)cc1. The Morgan fingerprint density at radius 1 is 0.974 bits per heavy atom. The Balaban J connectivity index is 1.65. The molecule has 3 aromatic carbocycles. The second kappa shape index (κ2) is 10.6. The maximum absolute atomic E-state index is 13.7. The molecule has 8 heteroatoms. The van der Waals surface area contributed by atoms with Crippen LogP contribution in [0.25, 0.3) is 23.0 Å². The third kappa shape index (κ3) is 4.84. The number of nitriles is 1. The molecule has 0 N–H and O–H groups in total. The molecule has 0 spiro atoms. The summed E-state index contributed by atoms with van der Waals surface area (Å²) in [6, 6.07) is 26.3. The van der Waals surface area contributed by atoms with Gasteiger partial charge in [0.1, 0.15) is 11.6 Å². The average Bonchev–Trinajstić information content (AvgIpc) is 3.35. The van der Waals surface area contributed by atoms with Crippen LogP contribution in [-0.2, 0) is 16.1 Å². The van der Waals surface area contributed by atoms with Crippen LogP contribution < -0.4 is 0 Å². The van der Waals surface area contributed by atoms with Crippen molar-refractivity contribution in [1.29, 1.82) is 5.26 Å². The topological polar surface area (TPSA) is 79.0 Å². The Labute approximate surface area is 233 Å². The minimum atomic E-state index is -0.639. The number of imide groups is 1. The normalized spacial score (nSPS) is 14.8. The summed E-state index contributed by atoms with van der Waals surface area (Å²) in [5, 5.41) is 15.1. The number of hydrogen-bond donors (Lipinski definition) is 0. The molecule has 6 nitrogen and oxygen atoms in total. The predicted molar refractivity (Wildman–Crippen MR) is 150 cm³/mol. The highest BCUT2D eigenvalue weighted by Crippen LogP contribution is 2.32. The first-order chi connectivity index (χ1) is 18.4. The van der Waals surface area contributed by atoms with Crippen LogP contribution in [0.3, 0.4) is 0 Å². The number of benzene rings is 3. The summed E-state index contributed by atoms with van der Waals surface area (Å²) >= 11 is 9.78. The standard InChI is InChI=1S/C30H20BrClN4O2/c1-19-25(29(37)35(30(38)26(19)16-33)17-21-7-5-6-10-27(21)32)15-22-18-36(24-8-3-2-4-9-24)34-28(22)20-11-13-23(31)14-12-20/h2-15,18H,17H2,1H3/b25-15+. The van der Waals surface area contributed by atoms with Crippen molar-refractivity contribution in [3.05, 3.63) is 122 Å². The first-order valence-corrected chi connectivity index (χ1v) is 12.9. The summed E-state index contributed by atoms with van der Waals surface area (Å²) in [5.41, 5.74) is 4.13. The highest BCUT2D eigenvalue weighted by atomic mass is 79.9. The molecule has 38 heavy (non-hydrogen) atoms. The first kappa shape index (κ1) is 25.4. The highest BCUT2D eigenvalue weighted by Gasteiger charge is 2.36. The molecule has 0 unspecified atom stereocenters. The van der Waals surface area contributed by atoms with Gasteiger partial charge in [-0.25, -0.2) is 4.68 Å². The van der Waals surface area contributed by atoms with E-state index in [9.17, 15) is 14.9 Å². The molecule has 0 bridgehead atoms. The molecule has 1 aromatic heterocycles. The lowest BCUT2D eigenvalue weighted by atomic mass is 9.93. The van der Waals surface area contributed by atoms with Crippen molar-refractivity contribution in [3.8, 4) is 23.0 Å². The number of halogens is 2. The van der Waals surface area contributed by atoms with Crippen molar-refractivity contribution in [1.82, 2.24) is 14.7 Å². The van der Waals surface area contributed by atoms with E-state index < -0.39 is 11.8 Å². The zero-order valence-corrected chi connectivity index (χ0v) is 22.6. The predicted octanol–water partition coefficient (Wildman–Crippen LogP) is 6.75. The van der Waals surface area contributed by atoms with Crippen molar-refractivity contribution in [2.24, 2.45) is 0 Å². The molecule has 5 rings (SSSR count). The van der Waals surface area contributed by atoms with Gasteiger partial charge in [0, 0.05) is 32.4 Å². The van der Waals surface area contributed by atoms with Gasteiger partial charge in [-0.2, -0.15) is 10.4 Å². The van der Waals surface area contributed by atoms with E-state index in [0.29, 0.717) is 27.4 Å². The quantitative estimate of drug-likeness (QED) is 0.192. The minimum Gasteiger partial charge on any atom is -0.269 e. The number of para-hydroxylation sites is 1. The van der Waals surface area contributed by atoms with Crippen LogP contribution in [0.2, 0.25) is 5.02 Å². The van der Waals surface area contributed by atoms with Crippen LogP contribution >= 0.6 is 27.5 Å². The third-order valence-corrected chi connectivity index (χ3v) is 7.19. The van der Waals surface area contributed by atoms with Crippen LogP contribution in [-0.4, -0.2) is 26.5 Å². The molecule has 1 aliphatic rings. The number of carbonyl (C=O) groups is 2. The largest absolute Gasteiger partial charge is 0.271 e. The Kier molecular flexibility index (Phi) is 7.10. The molecule has 0 saturated carbocycles. The monoisotopic (exact) mass is 582 g/mol. The summed E-state index contributed by atoms with van der Waals surface area (Å²) in [7, 11) is 0. The van der Waals surface area contributed by atoms with Gasteiger partial charge in [0.15, 0.2) is 0 Å². The summed E-state index contributed by atoms with van der Waals surface area (Å²) in [6.45, 7) is 1.57. The molecule has 4 aromatic rings. The Bertz CT molecular complexity index is 1660. The Hall–Kier alpha value is -4.25. The molecule has 0 radical (unpaired) electrons. The van der Waals surface area contributed by atoms with Gasteiger partial charge in [-0.15, -0.1) is 0 Å². The highest BCUT2D eigenvalue weighted by molar-refractivity contribution is 9.10. The number of aromatic nitrogens is 2. The van der Waals surface area contributed by atoms with Crippen molar-refractivity contribution in [2.45, 2.75) is 13.5 Å². The number of carbonyl (C=O) groups excluding carboxylic acids is 2. The lowest BCUT2D eigenvalue weighted by Gasteiger charge is -2.27. The van der Waals surface area contributed by atoms with Gasteiger partial charge in [0.05, 0.1) is 17.9 Å². The van der Waals surface area contributed by atoms with E-state index in [4.69, 9.17) is 16.7 Å². The molecule has 1 aliphatic heterocycles. The van der Waals surface area contributed by atoms with Gasteiger partial charge < -0.3 is 0 Å². The number of rotatable bonds is 5. The summed E-state index contributed by atoms with van der Waals surface area (Å²) in [4.78, 5) is 27.9. The lowest BCUT2D eigenvalue weighted by molar-refractivity contribution is -0.141. The average molecular weight is 584 g/mol. The zero-order valence-electron chi connectivity index (χ0n) is 20.2. The van der Waals surface area contributed by atoms with Crippen LogP contribution in [0.5, 0.6) is 0 Å². The zero-order chi connectivity index (χ0) is 26.8. The Morgan fingerprint density at radius 2 is 1.66 bits per heavy atom. The number of hydrogen-bond acceptors (Lipinski definition) is 4. The summed E-state index contributed by atoms with van der Waals surface area (Å²) < 4.78 is 2.67. The molecule has 2 heterocycles. The third-order valence-electron chi connectivity index (χ3n) is 6.29. The van der Waals surface area contributed by atoms with Gasteiger partial charge in [-0.3, -0.25) is 14.5 Å². The first-order valence-electron chi connectivity index (χ1n) is 11.7. The minimum absolute atomic E-state index is 0.0456. The lowest BCUT2D eigenvalue weighted by Crippen LogP contribution is -2.42. The number of amides is 2. The van der Waals surface area contributed by atoms with Gasteiger partial charge in [0.2, 0.25) is 0 Å². The van der Waals surface area contributed by atoms with E-state index in [1.54, 1.807) is 41.9 Å². The molecule has 0 saturated heterocycles. The second-order valence-corrected chi connectivity index (χ2v) is 10.0. The van der Waals surface area contributed by atoms with E-state index in [1.807, 2.05) is 66.9 Å². The molecule has 0 aliphatic carbocycles. The van der Waals surface area contributed by atoms with Gasteiger partial charge in [0.25, 0.3) is 11.8 Å². The van der Waals surface area contributed by atoms with Crippen molar-refractivity contribution in [3.63, 3.8) is 0 Å². The van der Waals surface area contributed by atoms with Crippen LogP contribution in [0.4, 0.5) is 0 Å². The van der Waals surface area contributed by atoms with Gasteiger partial charge >= 0.3 is 0 Å². The van der Waals surface area contributed by atoms with Crippen molar-refractivity contribution in [2.75, 3.05) is 0 Å². The van der Waals surface area contributed by atoms with E-state index in [0.717, 1.165) is 20.6 Å². The van der Waals surface area contributed by atoms with E-state index in [1.165, 1.54) is 0 Å². The van der Waals surface area contributed by atoms with Crippen LogP contribution in [0.15, 0.2) is 106 Å². The smallest absolute Gasteiger partial charge is 0.269 e. The van der Waals surface area contributed by atoms with E-state index >= 15 is 0 Å². The maximum atomic E-state index is 13.7. The molecule has 2 amide bonds. The number of nitrogens with zero attached hydrogens (tertiary/aromatic N) is 4. The molecule has 0 fully saturated rings. The molecule has 0 atom stereocenters. The Morgan fingerprint density at radius 3 is 2.34 bits per heavy atom. The van der Waals surface area contributed by atoms with Crippen LogP contribution in [0.1, 0.15) is 18.1 Å². The molecular formula is C30H20BrClN4O2. The van der Waals surface area contributed by atoms with Gasteiger partial charge in [-0.1, -0.05) is 76.1 Å². The van der Waals surface area contributed by atoms with Crippen LogP contribution in [0, 0.1) is 11.3 Å². The molecule has 186 valence electrons.